The van der Waals surface area contributed by atoms with E-state index < -0.39 is 110 Å². The number of carbonyl (C=O) groups excluding carboxylic acids is 7. The summed E-state index contributed by atoms with van der Waals surface area (Å²) in [5, 5.41) is 22.3. The van der Waals surface area contributed by atoms with Gasteiger partial charge in [0.15, 0.2) is 0 Å². The average molecular weight is 1190 g/mol. The SMILES string of the molecule is CCCCC(CC)COC(=O)C(CC(C)(C)C(=O)OCCN(C(=O)NCC1(C)CC(NC(=O)ON=C(C)CC)CC(C)(C)C1)C(C)(C)C)CC(C)(CC(C)(CC(CC)C(=O)NC(C)(C)CS(=O)(=O)O)C(=O)OCCO)C(=O)OCCOC. The number of oxime groups is 1. The average Bonchev–Trinajstić information content (AvgIpc) is 3.41. The molecule has 1 fully saturated rings. The second-order valence-electron chi connectivity index (χ2n) is 26.8. The quantitative estimate of drug-likeness (QED) is 0.00743. The van der Waals surface area contributed by atoms with Crippen molar-refractivity contribution < 1.29 is 80.2 Å². The van der Waals surface area contributed by atoms with Gasteiger partial charge in [0.2, 0.25) is 5.91 Å². The summed E-state index contributed by atoms with van der Waals surface area (Å²) in [5.74, 6) is -6.69. The van der Waals surface area contributed by atoms with E-state index in [9.17, 15) is 51.6 Å². The Balaban J connectivity index is 3.71. The molecule has 1 aliphatic carbocycles. The van der Waals surface area contributed by atoms with Crippen molar-refractivity contribution in [2.75, 3.05) is 65.6 Å². The molecule has 0 aliphatic heterocycles. The fourth-order valence-electron chi connectivity index (χ4n) is 11.4. The summed E-state index contributed by atoms with van der Waals surface area (Å²) < 4.78 is 61.7. The molecule has 0 radical (unpaired) electrons. The highest BCUT2D eigenvalue weighted by molar-refractivity contribution is 7.85. The molecule has 22 nitrogen and oxygen atoms in total. The molecule has 7 unspecified atom stereocenters. The molecule has 1 rings (SSSR count). The first-order valence-electron chi connectivity index (χ1n) is 29.3. The van der Waals surface area contributed by atoms with Crippen molar-refractivity contribution >= 4 is 57.7 Å². The van der Waals surface area contributed by atoms with Crippen LogP contribution in [0.15, 0.2) is 5.16 Å². The monoisotopic (exact) mass is 1190 g/mol. The normalized spacial score (nSPS) is 19.4. The first-order valence-corrected chi connectivity index (χ1v) is 30.9. The molecule has 82 heavy (non-hydrogen) atoms. The zero-order valence-corrected chi connectivity index (χ0v) is 54.0. The third-order valence-corrected chi connectivity index (χ3v) is 16.4. The zero-order chi connectivity index (χ0) is 63.1. The maximum absolute atomic E-state index is 14.7. The van der Waals surface area contributed by atoms with Crippen LogP contribution in [-0.2, 0) is 62.6 Å². The number of ether oxygens (including phenoxy) is 5. The Morgan fingerprint density at radius 2 is 1.35 bits per heavy atom. The Labute approximate surface area is 490 Å². The highest BCUT2D eigenvalue weighted by Gasteiger charge is 2.51. The molecule has 5 N–H and O–H groups in total. The number of methoxy groups -OCH3 is 1. The first kappa shape index (κ1) is 75.4. The van der Waals surface area contributed by atoms with Gasteiger partial charge in [-0.05, 0) is 150 Å². The summed E-state index contributed by atoms with van der Waals surface area (Å²) in [7, 11) is -3.10. The molecule has 4 amide bonds. The number of hydrogen-bond donors (Lipinski definition) is 5. The lowest BCUT2D eigenvalue weighted by atomic mass is 9.62. The van der Waals surface area contributed by atoms with E-state index in [2.05, 4.69) is 48.8 Å². The van der Waals surface area contributed by atoms with E-state index in [1.807, 2.05) is 34.6 Å². The number of aliphatic hydroxyl groups is 1. The lowest BCUT2D eigenvalue weighted by Crippen LogP contribution is -2.55. The Morgan fingerprint density at radius 3 is 1.88 bits per heavy atom. The highest BCUT2D eigenvalue weighted by Crippen LogP contribution is 2.48. The van der Waals surface area contributed by atoms with Gasteiger partial charge >= 0.3 is 36.0 Å². The molecular formula is C59H107N5O17S. The van der Waals surface area contributed by atoms with Crippen LogP contribution in [0.25, 0.3) is 0 Å². The van der Waals surface area contributed by atoms with Gasteiger partial charge in [0.1, 0.15) is 19.8 Å². The van der Waals surface area contributed by atoms with Gasteiger partial charge in [0.05, 0.1) is 65.5 Å². The van der Waals surface area contributed by atoms with Gasteiger partial charge in [0, 0.05) is 31.2 Å². The van der Waals surface area contributed by atoms with Crippen molar-refractivity contribution in [3.63, 3.8) is 0 Å². The topological polar surface area (TPSA) is 301 Å². The summed E-state index contributed by atoms with van der Waals surface area (Å²) in [6.45, 7) is 29.4. The van der Waals surface area contributed by atoms with Crippen molar-refractivity contribution in [1.29, 1.82) is 0 Å². The lowest BCUT2D eigenvalue weighted by Gasteiger charge is -2.47. The van der Waals surface area contributed by atoms with E-state index in [-0.39, 0.29) is 88.5 Å². The zero-order valence-electron chi connectivity index (χ0n) is 53.2. The van der Waals surface area contributed by atoms with E-state index >= 15 is 0 Å². The van der Waals surface area contributed by atoms with Crippen molar-refractivity contribution in [2.24, 2.45) is 50.0 Å². The van der Waals surface area contributed by atoms with Crippen LogP contribution in [0.3, 0.4) is 0 Å². The summed E-state index contributed by atoms with van der Waals surface area (Å²) in [6.07, 6.45) is 4.37. The number of esters is 4. The van der Waals surface area contributed by atoms with Crippen LogP contribution in [-0.4, -0.2) is 153 Å². The van der Waals surface area contributed by atoms with Crippen LogP contribution in [0.5, 0.6) is 0 Å². The van der Waals surface area contributed by atoms with Crippen molar-refractivity contribution in [1.82, 2.24) is 20.9 Å². The Kier molecular flexibility index (Phi) is 30.5. The predicted molar refractivity (Wildman–Crippen MR) is 313 cm³/mol. The fraction of sp³-hybridized carbons (Fsp3) is 0.864. The molecule has 0 aromatic carbocycles. The van der Waals surface area contributed by atoms with Gasteiger partial charge < -0.3 is 49.6 Å². The number of nitrogens with zero attached hydrogens (tertiary/aromatic N) is 2. The van der Waals surface area contributed by atoms with E-state index in [0.29, 0.717) is 31.5 Å². The van der Waals surface area contributed by atoms with Gasteiger partial charge in [-0.3, -0.25) is 33.4 Å². The van der Waals surface area contributed by atoms with E-state index in [1.54, 1.807) is 32.6 Å². The number of amides is 4. The molecule has 0 saturated heterocycles. The van der Waals surface area contributed by atoms with E-state index in [1.165, 1.54) is 34.8 Å². The number of nitrogens with one attached hydrogen (secondary N) is 3. The molecule has 0 aromatic rings. The van der Waals surface area contributed by atoms with Crippen molar-refractivity contribution in [3.8, 4) is 0 Å². The third kappa shape index (κ3) is 27.0. The smallest absolute Gasteiger partial charge is 0.433 e. The van der Waals surface area contributed by atoms with E-state index in [4.69, 9.17) is 28.5 Å². The minimum Gasteiger partial charge on any atom is -0.465 e. The summed E-state index contributed by atoms with van der Waals surface area (Å²) in [5.41, 5.74) is -6.94. The molecule has 0 aromatic heterocycles. The second-order valence-corrected chi connectivity index (χ2v) is 28.3. The molecule has 0 spiro atoms. The van der Waals surface area contributed by atoms with Gasteiger partial charge in [-0.15, -0.1) is 0 Å². The van der Waals surface area contributed by atoms with Gasteiger partial charge in [-0.1, -0.05) is 72.9 Å². The largest absolute Gasteiger partial charge is 0.465 e. The standard InChI is InChI=1S/C59H107N5O17S/c1-19-23-24-42(21-3)36-80-47(67)44(33-59(17,50(70)79-30-29-76-18)38-58(16,49(69)78-28-26-65)32-43(22-4)46(66)62-56(13,14)40-82(73,74)75)31-55(11,12)48(68)77-27-25-64(53(6,7)8)51(71)60-39-57(15)35-45(34-54(9,10)37-57)61-52(72)81-63-41(5)20-2/h42-45,65H,19-40H2,1-18H3,(H,60,71)(H,61,72)(H,62,66)(H,73,74,75). The first-order chi connectivity index (χ1) is 37.7. The number of rotatable bonds is 36. The molecular weight excluding hydrogens is 1080 g/mol. The molecule has 7 atom stereocenters. The summed E-state index contributed by atoms with van der Waals surface area (Å²) in [6, 6.07) is -0.617. The molecule has 23 heteroatoms. The predicted octanol–water partition coefficient (Wildman–Crippen LogP) is 8.95. The van der Waals surface area contributed by atoms with E-state index in [0.717, 1.165) is 32.1 Å². The highest BCUT2D eigenvalue weighted by atomic mass is 32.2. The Bertz CT molecular complexity index is 2230. The fourth-order valence-corrected chi connectivity index (χ4v) is 12.4. The van der Waals surface area contributed by atoms with Gasteiger partial charge in [-0.2, -0.15) is 8.42 Å². The number of urea groups is 1. The van der Waals surface area contributed by atoms with Crippen LogP contribution in [0.1, 0.15) is 201 Å². The van der Waals surface area contributed by atoms with Crippen molar-refractivity contribution in [2.45, 2.75) is 218 Å². The summed E-state index contributed by atoms with van der Waals surface area (Å²) >= 11 is 0. The summed E-state index contributed by atoms with van der Waals surface area (Å²) in [4.78, 5) is 105. The molecule has 0 heterocycles. The van der Waals surface area contributed by atoms with Crippen LogP contribution in [0, 0.1) is 44.8 Å². The number of aliphatic hydroxyl groups excluding tert-OH is 1. The third-order valence-electron chi connectivity index (χ3n) is 15.4. The van der Waals surface area contributed by atoms with Gasteiger partial charge in [0.25, 0.3) is 10.1 Å². The van der Waals surface area contributed by atoms with Crippen LogP contribution >= 0.6 is 0 Å². The second kappa shape index (κ2) is 33.2. The molecule has 1 aliphatic rings. The van der Waals surface area contributed by atoms with Crippen LogP contribution in [0.4, 0.5) is 9.59 Å². The number of unbranched alkanes of at least 4 members (excludes halogenated alkanes) is 1. The lowest BCUT2D eigenvalue weighted by molar-refractivity contribution is -0.169. The van der Waals surface area contributed by atoms with Crippen LogP contribution < -0.4 is 16.0 Å². The molecule has 1 saturated carbocycles. The number of carbonyl (C=O) groups is 7. The molecule has 0 bridgehead atoms. The maximum atomic E-state index is 14.7. The Morgan fingerprint density at radius 1 is 0.768 bits per heavy atom. The maximum Gasteiger partial charge on any atom is 0.433 e. The number of hydrogen-bond acceptors (Lipinski definition) is 17. The van der Waals surface area contributed by atoms with Gasteiger partial charge in [-0.25, -0.2) is 9.59 Å². The minimum atomic E-state index is -4.52. The van der Waals surface area contributed by atoms with Crippen LogP contribution in [0.2, 0.25) is 0 Å². The van der Waals surface area contributed by atoms with Crippen molar-refractivity contribution in [3.05, 3.63) is 0 Å². The molecule has 476 valence electrons. The Hall–Kier alpha value is -4.61. The minimum absolute atomic E-state index is 0.000128.